The van der Waals surface area contributed by atoms with E-state index in [1.807, 2.05) is 4.90 Å². The van der Waals surface area contributed by atoms with Gasteiger partial charge in [0.05, 0.1) is 5.69 Å². The van der Waals surface area contributed by atoms with Crippen LogP contribution in [0.5, 0.6) is 0 Å². The van der Waals surface area contributed by atoms with E-state index in [1.54, 1.807) is 0 Å². The van der Waals surface area contributed by atoms with Crippen LogP contribution in [0.25, 0.3) is 0 Å². The number of nitrogens with zero attached hydrogens (tertiary/aromatic N) is 1. The SMILES string of the molecule is CC1CCN(C(=O)c2ccc(F)c(N)c2)CC1. The Kier molecular flexibility index (Phi) is 3.31. The van der Waals surface area contributed by atoms with E-state index in [1.165, 1.54) is 18.2 Å². The third-order valence-electron chi connectivity index (χ3n) is 3.31. The Balaban J connectivity index is 2.11. The maximum atomic E-state index is 13.0. The van der Waals surface area contributed by atoms with Crippen LogP contribution in [0.15, 0.2) is 18.2 Å². The molecule has 0 unspecified atom stereocenters. The number of halogens is 1. The molecule has 4 heteroatoms. The molecule has 92 valence electrons. The second-order valence-corrected chi connectivity index (χ2v) is 4.71. The molecule has 0 aromatic heterocycles. The highest BCUT2D eigenvalue weighted by atomic mass is 19.1. The lowest BCUT2D eigenvalue weighted by atomic mass is 9.98. The lowest BCUT2D eigenvalue weighted by Crippen LogP contribution is -2.37. The number of nitrogens with two attached hydrogens (primary N) is 1. The van der Waals surface area contributed by atoms with Gasteiger partial charge >= 0.3 is 0 Å². The van der Waals surface area contributed by atoms with Gasteiger partial charge in [0.25, 0.3) is 5.91 Å². The molecule has 1 aliphatic rings. The lowest BCUT2D eigenvalue weighted by molar-refractivity contribution is 0.0697. The van der Waals surface area contributed by atoms with Crippen molar-refractivity contribution < 1.29 is 9.18 Å². The molecule has 17 heavy (non-hydrogen) atoms. The second-order valence-electron chi connectivity index (χ2n) is 4.71. The van der Waals surface area contributed by atoms with Gasteiger partial charge in [-0.05, 0) is 37.0 Å². The van der Waals surface area contributed by atoms with Crippen LogP contribution < -0.4 is 5.73 Å². The largest absolute Gasteiger partial charge is 0.396 e. The average Bonchev–Trinajstić information content (AvgIpc) is 2.33. The molecule has 1 heterocycles. The van der Waals surface area contributed by atoms with Crippen LogP contribution in [0.2, 0.25) is 0 Å². The fourth-order valence-corrected chi connectivity index (χ4v) is 2.07. The van der Waals surface area contributed by atoms with Crippen molar-refractivity contribution in [2.45, 2.75) is 19.8 Å². The summed E-state index contributed by atoms with van der Waals surface area (Å²) >= 11 is 0. The molecule has 1 aliphatic heterocycles. The smallest absolute Gasteiger partial charge is 0.253 e. The topological polar surface area (TPSA) is 46.3 Å². The van der Waals surface area contributed by atoms with Crippen LogP contribution in [0, 0.1) is 11.7 Å². The van der Waals surface area contributed by atoms with Gasteiger partial charge in [0.2, 0.25) is 0 Å². The molecule has 1 aromatic rings. The molecule has 0 saturated carbocycles. The zero-order chi connectivity index (χ0) is 12.4. The maximum Gasteiger partial charge on any atom is 0.253 e. The number of anilines is 1. The summed E-state index contributed by atoms with van der Waals surface area (Å²) in [5.74, 6) is 0.148. The molecule has 0 atom stereocenters. The van der Waals surface area contributed by atoms with Crippen LogP contribution in [0.4, 0.5) is 10.1 Å². The predicted octanol–water partition coefficient (Wildman–Crippen LogP) is 2.28. The zero-order valence-corrected chi connectivity index (χ0v) is 9.95. The Hall–Kier alpha value is -1.58. The zero-order valence-electron chi connectivity index (χ0n) is 9.95. The maximum absolute atomic E-state index is 13.0. The summed E-state index contributed by atoms with van der Waals surface area (Å²) in [5, 5.41) is 0. The van der Waals surface area contributed by atoms with E-state index in [4.69, 9.17) is 5.73 Å². The number of amides is 1. The molecular weight excluding hydrogens is 219 g/mol. The Bertz CT molecular complexity index is 425. The van der Waals surface area contributed by atoms with E-state index in [9.17, 15) is 9.18 Å². The molecule has 2 rings (SSSR count). The molecule has 3 nitrogen and oxygen atoms in total. The summed E-state index contributed by atoms with van der Waals surface area (Å²) in [7, 11) is 0. The van der Waals surface area contributed by atoms with Gasteiger partial charge < -0.3 is 10.6 Å². The number of likely N-dealkylation sites (tertiary alicyclic amines) is 1. The van der Waals surface area contributed by atoms with Gasteiger partial charge in [-0.15, -0.1) is 0 Å². The van der Waals surface area contributed by atoms with Crippen LogP contribution in [-0.4, -0.2) is 23.9 Å². The van der Waals surface area contributed by atoms with Gasteiger partial charge in [-0.2, -0.15) is 0 Å². The van der Waals surface area contributed by atoms with Crippen molar-refractivity contribution >= 4 is 11.6 Å². The first-order valence-electron chi connectivity index (χ1n) is 5.92. The average molecular weight is 236 g/mol. The van der Waals surface area contributed by atoms with Crippen molar-refractivity contribution in [1.29, 1.82) is 0 Å². The number of rotatable bonds is 1. The summed E-state index contributed by atoms with van der Waals surface area (Å²) in [4.78, 5) is 13.9. The van der Waals surface area contributed by atoms with Crippen molar-refractivity contribution in [2.24, 2.45) is 5.92 Å². The van der Waals surface area contributed by atoms with E-state index in [0.717, 1.165) is 25.9 Å². The fraction of sp³-hybridized carbons (Fsp3) is 0.462. The number of nitrogen functional groups attached to an aromatic ring is 1. The number of benzene rings is 1. The van der Waals surface area contributed by atoms with E-state index >= 15 is 0 Å². The Labute approximate surface area is 100 Å². The quantitative estimate of drug-likeness (QED) is 0.760. The van der Waals surface area contributed by atoms with Crippen molar-refractivity contribution in [3.63, 3.8) is 0 Å². The first-order valence-corrected chi connectivity index (χ1v) is 5.92. The van der Waals surface area contributed by atoms with E-state index in [2.05, 4.69) is 6.92 Å². The summed E-state index contributed by atoms with van der Waals surface area (Å²) in [6.07, 6.45) is 2.06. The van der Waals surface area contributed by atoms with Gasteiger partial charge in [0.15, 0.2) is 0 Å². The van der Waals surface area contributed by atoms with Crippen LogP contribution in [-0.2, 0) is 0 Å². The fourth-order valence-electron chi connectivity index (χ4n) is 2.07. The summed E-state index contributed by atoms with van der Waals surface area (Å²) in [5.41, 5.74) is 5.96. The van der Waals surface area contributed by atoms with E-state index in [-0.39, 0.29) is 11.6 Å². The minimum absolute atomic E-state index is 0.0289. The van der Waals surface area contributed by atoms with Crippen molar-refractivity contribution in [3.8, 4) is 0 Å². The van der Waals surface area contributed by atoms with Gasteiger partial charge in [0, 0.05) is 18.7 Å². The Morgan fingerprint density at radius 3 is 2.65 bits per heavy atom. The third-order valence-corrected chi connectivity index (χ3v) is 3.31. The van der Waals surface area contributed by atoms with Crippen molar-refractivity contribution in [2.75, 3.05) is 18.8 Å². The third kappa shape index (κ3) is 2.57. The van der Waals surface area contributed by atoms with E-state index < -0.39 is 5.82 Å². The van der Waals surface area contributed by atoms with Crippen LogP contribution in [0.3, 0.4) is 0 Å². The van der Waals surface area contributed by atoms with Gasteiger partial charge in [0.1, 0.15) is 5.82 Å². The summed E-state index contributed by atoms with van der Waals surface area (Å²) in [6.45, 7) is 3.74. The second kappa shape index (κ2) is 4.73. The molecule has 1 amide bonds. The van der Waals surface area contributed by atoms with Gasteiger partial charge in [-0.1, -0.05) is 6.92 Å². The number of piperidine rings is 1. The van der Waals surface area contributed by atoms with Crippen molar-refractivity contribution in [3.05, 3.63) is 29.6 Å². The van der Waals surface area contributed by atoms with Gasteiger partial charge in [-0.25, -0.2) is 4.39 Å². The monoisotopic (exact) mass is 236 g/mol. The first-order chi connectivity index (χ1) is 8.08. The lowest BCUT2D eigenvalue weighted by Gasteiger charge is -2.30. The number of hydrogen-bond donors (Lipinski definition) is 1. The molecular formula is C13H17FN2O. The Morgan fingerprint density at radius 1 is 1.41 bits per heavy atom. The van der Waals surface area contributed by atoms with Crippen molar-refractivity contribution in [1.82, 2.24) is 4.90 Å². The van der Waals surface area contributed by atoms with Crippen LogP contribution in [0.1, 0.15) is 30.1 Å². The van der Waals surface area contributed by atoms with E-state index in [0.29, 0.717) is 11.5 Å². The highest BCUT2D eigenvalue weighted by Gasteiger charge is 2.21. The normalized spacial score (nSPS) is 17.2. The molecule has 2 N–H and O–H groups in total. The first kappa shape index (κ1) is 11.9. The minimum Gasteiger partial charge on any atom is -0.396 e. The van der Waals surface area contributed by atoms with Crippen LogP contribution >= 0.6 is 0 Å². The molecule has 1 aromatic carbocycles. The molecule has 1 fully saturated rings. The standard InChI is InChI=1S/C13H17FN2O/c1-9-4-6-16(7-5-9)13(17)10-2-3-11(14)12(15)8-10/h2-3,8-9H,4-7,15H2,1H3. The molecule has 0 radical (unpaired) electrons. The highest BCUT2D eigenvalue weighted by molar-refractivity contribution is 5.95. The predicted molar refractivity (Wildman–Crippen MR) is 65.1 cm³/mol. The highest BCUT2D eigenvalue weighted by Crippen LogP contribution is 2.19. The molecule has 1 saturated heterocycles. The summed E-state index contributed by atoms with van der Waals surface area (Å²) in [6, 6.07) is 4.15. The molecule has 0 bridgehead atoms. The number of hydrogen-bond acceptors (Lipinski definition) is 2. The molecule has 0 aliphatic carbocycles. The summed E-state index contributed by atoms with van der Waals surface area (Å²) < 4.78 is 13.0. The van der Waals surface area contributed by atoms with Gasteiger partial charge in [-0.3, -0.25) is 4.79 Å². The number of carbonyl (C=O) groups excluding carboxylic acids is 1. The Morgan fingerprint density at radius 2 is 2.06 bits per heavy atom. The minimum atomic E-state index is -0.478. The molecule has 0 spiro atoms. The number of carbonyl (C=O) groups is 1.